The van der Waals surface area contributed by atoms with E-state index in [2.05, 4.69) is 31.2 Å². The molecule has 1 atom stereocenters. The minimum absolute atomic E-state index is 0.223. The van der Waals surface area contributed by atoms with Crippen molar-refractivity contribution in [3.63, 3.8) is 0 Å². The number of aliphatic hydroxyl groups excluding tert-OH is 1. The molecule has 0 fully saturated rings. The number of rotatable bonds is 3. The molecule has 0 aromatic carbocycles. The molecule has 0 bridgehead atoms. The molecule has 0 aliphatic rings. The lowest BCUT2D eigenvalue weighted by molar-refractivity contribution is -0.114. The predicted octanol–water partition coefficient (Wildman–Crippen LogP) is 0.863. The number of anilines is 1. The largest absolute Gasteiger partial charge is 0.387 e. The summed E-state index contributed by atoms with van der Waals surface area (Å²) in [5, 5.41) is 12.2. The van der Waals surface area contributed by atoms with Crippen LogP contribution in [0.25, 0.3) is 0 Å². The molecule has 0 saturated heterocycles. The van der Waals surface area contributed by atoms with Crippen LogP contribution in [0.4, 0.5) is 5.95 Å². The number of halogens is 1. The molecule has 1 heterocycles. The fourth-order valence-electron chi connectivity index (χ4n) is 0.821. The van der Waals surface area contributed by atoms with Crippen LogP contribution in [-0.4, -0.2) is 26.3 Å². The molecule has 14 heavy (non-hydrogen) atoms. The Labute approximate surface area is 89.7 Å². The van der Waals surface area contributed by atoms with Crippen molar-refractivity contribution in [2.45, 2.75) is 13.0 Å². The SMILES string of the molecule is CC(=O)Nc1ncc(C(O)CBr)cn1. The number of nitrogens with zero attached hydrogens (tertiary/aromatic N) is 2. The van der Waals surface area contributed by atoms with Crippen molar-refractivity contribution in [2.75, 3.05) is 10.6 Å². The van der Waals surface area contributed by atoms with E-state index in [4.69, 9.17) is 0 Å². The molecule has 0 aliphatic carbocycles. The summed E-state index contributed by atoms with van der Waals surface area (Å²) in [5.41, 5.74) is 0.607. The Kier molecular flexibility index (Phi) is 3.97. The molecule has 1 rings (SSSR count). The Morgan fingerprint density at radius 2 is 2.21 bits per heavy atom. The molecule has 1 aromatic rings. The smallest absolute Gasteiger partial charge is 0.229 e. The van der Waals surface area contributed by atoms with Gasteiger partial charge in [-0.3, -0.25) is 10.1 Å². The van der Waals surface area contributed by atoms with Gasteiger partial charge >= 0.3 is 0 Å². The lowest BCUT2D eigenvalue weighted by Gasteiger charge is -2.06. The number of alkyl halides is 1. The first-order valence-corrected chi connectivity index (χ1v) is 5.09. The highest BCUT2D eigenvalue weighted by Crippen LogP contribution is 2.13. The van der Waals surface area contributed by atoms with Crippen molar-refractivity contribution in [1.82, 2.24) is 9.97 Å². The fourth-order valence-corrected chi connectivity index (χ4v) is 1.20. The Morgan fingerprint density at radius 1 is 1.64 bits per heavy atom. The monoisotopic (exact) mass is 259 g/mol. The summed E-state index contributed by atoms with van der Waals surface area (Å²) in [6.45, 7) is 1.38. The van der Waals surface area contributed by atoms with Gasteiger partial charge in [0.15, 0.2) is 0 Å². The van der Waals surface area contributed by atoms with Crippen LogP contribution < -0.4 is 5.32 Å². The van der Waals surface area contributed by atoms with Gasteiger partial charge in [0.1, 0.15) is 0 Å². The van der Waals surface area contributed by atoms with Crippen LogP contribution >= 0.6 is 15.9 Å². The molecule has 0 saturated carbocycles. The second-order valence-corrected chi connectivity index (χ2v) is 3.34. The van der Waals surface area contributed by atoms with Crippen LogP contribution in [0.1, 0.15) is 18.6 Å². The molecular weight excluding hydrogens is 250 g/mol. The van der Waals surface area contributed by atoms with Gasteiger partial charge in [0.2, 0.25) is 11.9 Å². The maximum absolute atomic E-state index is 10.6. The highest BCUT2D eigenvalue weighted by molar-refractivity contribution is 9.09. The zero-order chi connectivity index (χ0) is 10.6. The molecule has 0 radical (unpaired) electrons. The van der Waals surface area contributed by atoms with Gasteiger partial charge in [-0.25, -0.2) is 9.97 Å². The third-order valence-corrected chi connectivity index (χ3v) is 2.10. The number of carbonyl (C=O) groups excluding carboxylic acids is 1. The molecular formula is C8H10BrN3O2. The highest BCUT2D eigenvalue weighted by atomic mass is 79.9. The number of aliphatic hydroxyl groups is 1. The average molecular weight is 260 g/mol. The summed E-state index contributed by atoms with van der Waals surface area (Å²) < 4.78 is 0. The second kappa shape index (κ2) is 5.02. The van der Waals surface area contributed by atoms with E-state index in [1.807, 2.05) is 0 Å². The second-order valence-electron chi connectivity index (χ2n) is 2.69. The predicted molar refractivity (Wildman–Crippen MR) is 55.1 cm³/mol. The normalized spacial score (nSPS) is 12.2. The lowest BCUT2D eigenvalue weighted by Crippen LogP contribution is -2.10. The minimum Gasteiger partial charge on any atom is -0.387 e. The molecule has 5 nitrogen and oxygen atoms in total. The van der Waals surface area contributed by atoms with E-state index in [9.17, 15) is 9.90 Å². The van der Waals surface area contributed by atoms with Crippen LogP contribution in [-0.2, 0) is 4.79 Å². The van der Waals surface area contributed by atoms with E-state index in [1.165, 1.54) is 19.3 Å². The van der Waals surface area contributed by atoms with Crippen LogP contribution in [0.5, 0.6) is 0 Å². The van der Waals surface area contributed by atoms with Gasteiger partial charge in [0.25, 0.3) is 0 Å². The van der Waals surface area contributed by atoms with E-state index >= 15 is 0 Å². The van der Waals surface area contributed by atoms with Gasteiger partial charge in [0, 0.05) is 30.2 Å². The summed E-state index contributed by atoms with van der Waals surface area (Å²) >= 11 is 3.13. The van der Waals surface area contributed by atoms with Crippen molar-refractivity contribution < 1.29 is 9.90 Å². The van der Waals surface area contributed by atoms with Crippen molar-refractivity contribution in [1.29, 1.82) is 0 Å². The molecule has 76 valence electrons. The van der Waals surface area contributed by atoms with E-state index in [1.54, 1.807) is 0 Å². The van der Waals surface area contributed by atoms with Crippen molar-refractivity contribution in [2.24, 2.45) is 0 Å². The summed E-state index contributed by atoms with van der Waals surface area (Å²) in [6.07, 6.45) is 2.33. The van der Waals surface area contributed by atoms with E-state index in [0.29, 0.717) is 10.9 Å². The quantitative estimate of drug-likeness (QED) is 0.790. The Balaban J connectivity index is 2.73. The summed E-state index contributed by atoms with van der Waals surface area (Å²) in [5.74, 6) is 0.0156. The van der Waals surface area contributed by atoms with Crippen LogP contribution in [0.2, 0.25) is 0 Å². The van der Waals surface area contributed by atoms with E-state index in [-0.39, 0.29) is 11.9 Å². The molecule has 2 N–H and O–H groups in total. The number of amides is 1. The highest BCUT2D eigenvalue weighted by Gasteiger charge is 2.06. The van der Waals surface area contributed by atoms with Gasteiger partial charge in [-0.2, -0.15) is 0 Å². The zero-order valence-corrected chi connectivity index (χ0v) is 9.15. The molecule has 1 unspecified atom stereocenters. The summed E-state index contributed by atoms with van der Waals surface area (Å²) in [4.78, 5) is 18.4. The fraction of sp³-hybridized carbons (Fsp3) is 0.375. The number of carbonyl (C=O) groups is 1. The Hall–Kier alpha value is -1.01. The molecule has 1 aromatic heterocycles. The molecule has 1 amide bonds. The Morgan fingerprint density at radius 3 is 2.64 bits per heavy atom. The van der Waals surface area contributed by atoms with Crippen LogP contribution in [0, 0.1) is 0 Å². The number of aromatic nitrogens is 2. The van der Waals surface area contributed by atoms with Crippen molar-refractivity contribution in [3.05, 3.63) is 18.0 Å². The maximum Gasteiger partial charge on any atom is 0.229 e. The average Bonchev–Trinajstić information content (AvgIpc) is 2.17. The van der Waals surface area contributed by atoms with Gasteiger partial charge in [-0.1, -0.05) is 15.9 Å². The number of hydrogen-bond acceptors (Lipinski definition) is 4. The number of nitrogens with one attached hydrogen (secondary N) is 1. The minimum atomic E-state index is -0.624. The first-order chi connectivity index (χ1) is 6.63. The number of hydrogen-bond donors (Lipinski definition) is 2. The van der Waals surface area contributed by atoms with E-state index in [0.717, 1.165) is 0 Å². The summed E-state index contributed by atoms with van der Waals surface area (Å²) in [7, 11) is 0. The summed E-state index contributed by atoms with van der Waals surface area (Å²) in [6, 6.07) is 0. The first kappa shape index (κ1) is 11.1. The third-order valence-electron chi connectivity index (χ3n) is 1.49. The molecule has 0 spiro atoms. The van der Waals surface area contributed by atoms with Gasteiger partial charge in [-0.05, 0) is 0 Å². The standard InChI is InChI=1S/C8H10BrN3O2/c1-5(13)12-8-10-3-6(4-11-8)7(14)2-9/h3-4,7,14H,2H2,1H3,(H,10,11,12,13). The van der Waals surface area contributed by atoms with Gasteiger partial charge in [-0.15, -0.1) is 0 Å². The van der Waals surface area contributed by atoms with Crippen LogP contribution in [0.15, 0.2) is 12.4 Å². The van der Waals surface area contributed by atoms with Gasteiger partial charge < -0.3 is 5.11 Å². The lowest BCUT2D eigenvalue weighted by atomic mass is 10.2. The van der Waals surface area contributed by atoms with Crippen molar-refractivity contribution in [3.8, 4) is 0 Å². The molecule has 6 heteroatoms. The maximum atomic E-state index is 10.6. The van der Waals surface area contributed by atoms with E-state index < -0.39 is 6.10 Å². The van der Waals surface area contributed by atoms with Crippen molar-refractivity contribution >= 4 is 27.8 Å². The first-order valence-electron chi connectivity index (χ1n) is 3.97. The molecule has 0 aliphatic heterocycles. The van der Waals surface area contributed by atoms with Gasteiger partial charge in [0.05, 0.1) is 6.10 Å². The third kappa shape index (κ3) is 3.04. The topological polar surface area (TPSA) is 75.1 Å². The van der Waals surface area contributed by atoms with Crippen LogP contribution in [0.3, 0.4) is 0 Å². The zero-order valence-electron chi connectivity index (χ0n) is 7.57. The Bertz CT molecular complexity index is 315.